The topological polar surface area (TPSA) is 0 Å². The van der Waals surface area contributed by atoms with Crippen molar-refractivity contribution in [3.8, 4) is 0 Å². The largest absolute Gasteiger partial charge is 1.00 e. The Morgan fingerprint density at radius 2 is 1.05 bits per heavy atom. The van der Waals surface area contributed by atoms with Gasteiger partial charge in [0.2, 0.25) is 0 Å². The van der Waals surface area contributed by atoms with Crippen LogP contribution in [-0.2, 0) is 34.2 Å². The van der Waals surface area contributed by atoms with Gasteiger partial charge in [0.1, 0.15) is 0 Å². The van der Waals surface area contributed by atoms with Crippen LogP contribution in [0, 0.1) is 19.9 Å². The third-order valence-corrected chi connectivity index (χ3v) is 13.8. The molecular formula is C40H44Cl2SiZr-2. The van der Waals surface area contributed by atoms with Gasteiger partial charge in [0, 0.05) is 0 Å². The summed E-state index contributed by atoms with van der Waals surface area (Å²) in [7, 11) is 0. The summed E-state index contributed by atoms with van der Waals surface area (Å²) in [6, 6.07) is 34.2. The van der Waals surface area contributed by atoms with Gasteiger partial charge in [0.25, 0.3) is 0 Å². The maximum Gasteiger partial charge on any atom is -0.109 e. The molecule has 0 radical (unpaired) electrons. The summed E-state index contributed by atoms with van der Waals surface area (Å²) in [5.74, 6) is 0. The van der Waals surface area contributed by atoms with E-state index in [1.54, 1.807) is 23.3 Å². The predicted molar refractivity (Wildman–Crippen MR) is 183 cm³/mol. The summed E-state index contributed by atoms with van der Waals surface area (Å²) in [4.78, 5) is 0. The van der Waals surface area contributed by atoms with E-state index >= 15 is 0 Å². The van der Waals surface area contributed by atoms with Gasteiger partial charge in [-0.2, -0.15) is 6.08 Å². The molecule has 0 nitrogen and oxygen atoms in total. The van der Waals surface area contributed by atoms with Crippen molar-refractivity contribution in [2.75, 3.05) is 0 Å². The van der Waals surface area contributed by atoms with Crippen LogP contribution in [0.15, 0.2) is 109 Å². The molecule has 5 aromatic rings. The second-order valence-corrected chi connectivity index (χ2v) is 19.0. The summed E-state index contributed by atoms with van der Waals surface area (Å²) in [6.45, 7) is 18.0. The van der Waals surface area contributed by atoms with Crippen LogP contribution >= 0.6 is 0 Å². The van der Waals surface area contributed by atoms with E-state index in [1.807, 2.05) is 12.2 Å². The number of benzene rings is 4. The predicted octanol–water partition coefficient (Wildman–Crippen LogP) is 3.58. The number of hydrogen-bond donors (Lipinski definition) is 0. The van der Waals surface area contributed by atoms with Crippen LogP contribution in [-0.4, -0.2) is 5.43 Å². The fraction of sp³-hybridized carbons (Fsp3) is 0.275. The molecule has 0 amide bonds. The van der Waals surface area contributed by atoms with Crippen molar-refractivity contribution in [2.45, 2.75) is 72.6 Å². The van der Waals surface area contributed by atoms with Crippen LogP contribution in [0.25, 0.3) is 21.5 Å². The first kappa shape index (κ1) is 38.1. The van der Waals surface area contributed by atoms with E-state index in [1.165, 1.54) is 54.2 Å². The van der Waals surface area contributed by atoms with E-state index < -0.39 is 5.43 Å². The first-order valence-corrected chi connectivity index (χ1v) is 20.1. The van der Waals surface area contributed by atoms with Gasteiger partial charge in [-0.15, -0.1) is 46.2 Å². The first-order chi connectivity index (χ1) is 19.8. The molecule has 0 aliphatic heterocycles. The fourth-order valence-corrected chi connectivity index (χ4v) is 8.67. The van der Waals surface area contributed by atoms with Gasteiger partial charge in [-0.05, 0) is 10.8 Å². The molecule has 4 heteroatoms. The standard InChI is InChI=1S/C21H25.C14H14Si.C5H5.2ClH.Zr/c1-20(2,3)16-9-7-14-11-15-8-10-17(21(4,5)6)13-19(15)18(14)12-16;1-11-3-7-13(8-4-11)15-14-9-5-12(2)6-10-14;1-2-4-5-3-1;;;/h7-13H,1-6H3;3-10H,1-2H3;1-3H,4H2;2*1H;/q-1;;-1;;;+2/p-2. The van der Waals surface area contributed by atoms with Crippen molar-refractivity contribution < 1.29 is 48.1 Å². The molecule has 5 aromatic carbocycles. The summed E-state index contributed by atoms with van der Waals surface area (Å²) in [5.41, 5.74) is 5.40. The van der Waals surface area contributed by atoms with Crippen LogP contribution < -0.4 is 35.2 Å². The Bertz CT molecular complexity index is 1600. The van der Waals surface area contributed by atoms with E-state index in [0.717, 1.165) is 6.42 Å². The SMILES string of the molecule is CC(C)(C)c1ccc2[cH-]c3ccc(C(C)(C)C)cc3c2c1.Cc1ccc([Si](=[Zr+2])c2ccc(C)cc2)cc1.[C-]1=CC=CC1.[Cl-].[Cl-]. The van der Waals surface area contributed by atoms with E-state index in [2.05, 4.69) is 159 Å². The van der Waals surface area contributed by atoms with Gasteiger partial charge in [-0.1, -0.05) is 76.9 Å². The third kappa shape index (κ3) is 10.2. The Morgan fingerprint density at radius 1 is 0.636 bits per heavy atom. The molecule has 0 aromatic heterocycles. The van der Waals surface area contributed by atoms with Crippen molar-refractivity contribution in [3.05, 3.63) is 138 Å². The van der Waals surface area contributed by atoms with Gasteiger partial charge in [-0.25, -0.2) is 12.2 Å². The van der Waals surface area contributed by atoms with E-state index in [9.17, 15) is 0 Å². The van der Waals surface area contributed by atoms with Crippen molar-refractivity contribution in [1.82, 2.24) is 0 Å². The molecule has 0 saturated heterocycles. The average molecular weight is 715 g/mol. The number of hydrogen-bond acceptors (Lipinski definition) is 0. The number of rotatable bonds is 2. The van der Waals surface area contributed by atoms with Gasteiger partial charge >= 0.3 is 113 Å². The van der Waals surface area contributed by atoms with Gasteiger partial charge < -0.3 is 24.8 Å². The Balaban J connectivity index is 0.000000260. The van der Waals surface area contributed by atoms with Crippen molar-refractivity contribution >= 4 is 37.4 Å². The number of aryl methyl sites for hydroxylation is 2. The fourth-order valence-electron chi connectivity index (χ4n) is 4.88. The van der Waals surface area contributed by atoms with E-state index in [4.69, 9.17) is 0 Å². The van der Waals surface area contributed by atoms with Crippen LogP contribution in [0.4, 0.5) is 0 Å². The number of halogens is 2. The Labute approximate surface area is 293 Å². The maximum atomic E-state index is 2.99. The minimum absolute atomic E-state index is 0. The molecular weight excluding hydrogens is 671 g/mol. The minimum Gasteiger partial charge on any atom is -1.00 e. The maximum absolute atomic E-state index is 2.99. The van der Waals surface area contributed by atoms with Crippen LogP contribution in [0.2, 0.25) is 0 Å². The zero-order valence-electron chi connectivity index (χ0n) is 27.4. The normalized spacial score (nSPS) is 12.0. The molecule has 0 unspecified atom stereocenters. The molecule has 0 N–H and O–H groups in total. The monoisotopic (exact) mass is 712 g/mol. The second kappa shape index (κ2) is 16.5. The Morgan fingerprint density at radius 3 is 1.34 bits per heavy atom. The summed E-state index contributed by atoms with van der Waals surface area (Å²) < 4.78 is 0. The van der Waals surface area contributed by atoms with Crippen molar-refractivity contribution in [1.29, 1.82) is 0 Å². The van der Waals surface area contributed by atoms with Gasteiger partial charge in [-0.3, -0.25) is 6.08 Å². The molecule has 0 saturated carbocycles. The van der Waals surface area contributed by atoms with Crippen LogP contribution in [0.5, 0.6) is 0 Å². The van der Waals surface area contributed by atoms with Crippen molar-refractivity contribution in [3.63, 3.8) is 0 Å². The zero-order chi connectivity index (χ0) is 30.5. The zero-order valence-corrected chi connectivity index (χ0v) is 32.3. The molecule has 228 valence electrons. The van der Waals surface area contributed by atoms with E-state index in [-0.39, 0.29) is 35.6 Å². The van der Waals surface area contributed by atoms with Crippen molar-refractivity contribution in [2.24, 2.45) is 0 Å². The molecule has 0 spiro atoms. The summed E-state index contributed by atoms with van der Waals surface area (Å²) in [6.07, 6.45) is 10.0. The summed E-state index contributed by atoms with van der Waals surface area (Å²) in [5, 5.41) is 8.54. The molecule has 6 rings (SSSR count). The van der Waals surface area contributed by atoms with Gasteiger partial charge in [0.15, 0.2) is 0 Å². The first-order valence-electron chi connectivity index (χ1n) is 14.9. The Hall–Kier alpha value is -2.09. The average Bonchev–Trinajstić information content (AvgIpc) is 3.64. The molecule has 1 aliphatic rings. The smallest absolute Gasteiger partial charge is 0.109 e. The minimum atomic E-state index is -0.488. The van der Waals surface area contributed by atoms with E-state index in [0.29, 0.717) is 0 Å². The molecule has 44 heavy (non-hydrogen) atoms. The van der Waals surface area contributed by atoms with Gasteiger partial charge in [0.05, 0.1) is 0 Å². The second-order valence-electron chi connectivity index (χ2n) is 13.4. The molecule has 0 bridgehead atoms. The molecule has 0 atom stereocenters. The number of allylic oxidation sites excluding steroid dienone is 4. The molecule has 0 heterocycles. The third-order valence-electron chi connectivity index (χ3n) is 7.71. The summed E-state index contributed by atoms with van der Waals surface area (Å²) >= 11 is 1.65. The molecule has 0 fully saturated rings. The number of fused-ring (bicyclic) bond motifs is 3. The van der Waals surface area contributed by atoms with Crippen LogP contribution in [0.1, 0.15) is 70.2 Å². The quantitative estimate of drug-likeness (QED) is 0.194. The Kier molecular flexibility index (Phi) is 14.3. The van der Waals surface area contributed by atoms with Crippen LogP contribution in [0.3, 0.4) is 0 Å². The molecule has 1 aliphatic carbocycles.